The van der Waals surface area contributed by atoms with Gasteiger partial charge in [0.05, 0.1) is 6.10 Å². The Morgan fingerprint density at radius 3 is 2.19 bits per heavy atom. The number of nitrogens with one attached hydrogen (secondary N) is 1. The van der Waals surface area contributed by atoms with Crippen molar-refractivity contribution >= 4 is 0 Å². The minimum atomic E-state index is -0.142. The van der Waals surface area contributed by atoms with Crippen LogP contribution in [0.5, 0.6) is 0 Å². The second-order valence-electron chi connectivity index (χ2n) is 8.52. The molecule has 0 amide bonds. The van der Waals surface area contributed by atoms with E-state index in [0.717, 1.165) is 32.5 Å². The molecule has 1 heterocycles. The minimum absolute atomic E-state index is 0.142. The lowest BCUT2D eigenvalue weighted by Crippen LogP contribution is -2.49. The number of hydrogen-bond donors (Lipinski definition) is 2. The van der Waals surface area contributed by atoms with Gasteiger partial charge in [0, 0.05) is 18.6 Å². The molecule has 0 aliphatic carbocycles. The minimum Gasteiger partial charge on any atom is -0.393 e. The Bertz CT molecular complexity index is 290. The molecule has 3 heteroatoms. The van der Waals surface area contributed by atoms with Crippen LogP contribution in [0.15, 0.2) is 0 Å². The Kier molecular flexibility index (Phi) is 7.15. The molecular weight excluding hydrogens is 260 g/mol. The molecule has 1 aliphatic heterocycles. The van der Waals surface area contributed by atoms with E-state index in [1.807, 2.05) is 6.92 Å². The molecule has 0 bridgehead atoms. The number of aliphatic hydroxyl groups excluding tert-OH is 1. The van der Waals surface area contributed by atoms with E-state index in [2.05, 4.69) is 44.8 Å². The lowest BCUT2D eigenvalue weighted by Gasteiger charge is -2.41. The smallest absolute Gasteiger partial charge is 0.0541 e. The molecule has 0 aromatic rings. The summed E-state index contributed by atoms with van der Waals surface area (Å²) in [5.74, 6) is 0.506. The van der Waals surface area contributed by atoms with Gasteiger partial charge >= 0.3 is 0 Å². The molecule has 1 fully saturated rings. The summed E-state index contributed by atoms with van der Waals surface area (Å²) in [6.45, 7) is 17.9. The zero-order chi connectivity index (χ0) is 16.1. The van der Waals surface area contributed by atoms with Gasteiger partial charge in [-0.1, -0.05) is 20.3 Å². The van der Waals surface area contributed by atoms with Gasteiger partial charge in [0.1, 0.15) is 0 Å². The Balaban J connectivity index is 2.50. The van der Waals surface area contributed by atoms with Crippen LogP contribution in [0.1, 0.15) is 67.2 Å². The SMILES string of the molecule is CCCC(C)(CNC(C)(C)C)CN1CCC(C(C)O)CC1. The lowest BCUT2D eigenvalue weighted by molar-refractivity contribution is 0.0521. The molecule has 3 nitrogen and oxygen atoms in total. The van der Waals surface area contributed by atoms with Crippen LogP contribution in [0, 0.1) is 11.3 Å². The van der Waals surface area contributed by atoms with Gasteiger partial charge in [-0.15, -0.1) is 0 Å². The largest absolute Gasteiger partial charge is 0.393 e. The second-order valence-corrected chi connectivity index (χ2v) is 8.52. The third-order valence-corrected chi connectivity index (χ3v) is 4.82. The maximum atomic E-state index is 9.73. The van der Waals surface area contributed by atoms with Crippen LogP contribution in [0.4, 0.5) is 0 Å². The molecule has 2 N–H and O–H groups in total. The molecule has 21 heavy (non-hydrogen) atoms. The topological polar surface area (TPSA) is 35.5 Å². The number of aliphatic hydroxyl groups is 1. The summed E-state index contributed by atoms with van der Waals surface area (Å²) in [7, 11) is 0. The van der Waals surface area contributed by atoms with Gasteiger partial charge in [-0.05, 0) is 71.4 Å². The van der Waals surface area contributed by atoms with Crippen molar-refractivity contribution in [2.24, 2.45) is 11.3 Å². The zero-order valence-electron chi connectivity index (χ0n) is 15.2. The first kappa shape index (κ1) is 18.9. The van der Waals surface area contributed by atoms with Crippen molar-refractivity contribution < 1.29 is 5.11 Å². The van der Waals surface area contributed by atoms with Crippen LogP contribution < -0.4 is 5.32 Å². The van der Waals surface area contributed by atoms with Crippen molar-refractivity contribution in [2.75, 3.05) is 26.2 Å². The average molecular weight is 299 g/mol. The predicted octanol–water partition coefficient (Wildman–Crippen LogP) is 3.27. The van der Waals surface area contributed by atoms with Crippen LogP contribution in [0.25, 0.3) is 0 Å². The Labute approximate surface area is 132 Å². The normalized spacial score (nSPS) is 23.0. The maximum absolute atomic E-state index is 9.73. The standard InChI is InChI=1S/C18H38N2O/c1-7-10-18(6,13-19-17(3,4)5)14-20-11-8-16(9-12-20)15(2)21/h15-16,19,21H,7-14H2,1-6H3. The maximum Gasteiger partial charge on any atom is 0.0541 e. The van der Waals surface area contributed by atoms with Gasteiger partial charge in [0.15, 0.2) is 0 Å². The van der Waals surface area contributed by atoms with Crippen molar-refractivity contribution in [3.8, 4) is 0 Å². The average Bonchev–Trinajstić information content (AvgIpc) is 2.37. The van der Waals surface area contributed by atoms with E-state index in [1.165, 1.54) is 19.4 Å². The van der Waals surface area contributed by atoms with Crippen molar-refractivity contribution in [3.63, 3.8) is 0 Å². The molecule has 0 aromatic heterocycles. The molecular formula is C18H38N2O. The first-order valence-electron chi connectivity index (χ1n) is 8.81. The summed E-state index contributed by atoms with van der Waals surface area (Å²) in [6.07, 6.45) is 4.66. The van der Waals surface area contributed by atoms with Crippen LogP contribution in [-0.2, 0) is 0 Å². The van der Waals surface area contributed by atoms with Crippen molar-refractivity contribution in [1.82, 2.24) is 10.2 Å². The van der Waals surface area contributed by atoms with E-state index >= 15 is 0 Å². The van der Waals surface area contributed by atoms with E-state index in [9.17, 15) is 5.11 Å². The van der Waals surface area contributed by atoms with Crippen molar-refractivity contribution in [3.05, 3.63) is 0 Å². The third-order valence-electron chi connectivity index (χ3n) is 4.82. The van der Waals surface area contributed by atoms with Crippen molar-refractivity contribution in [2.45, 2.75) is 78.9 Å². The molecule has 0 aromatic carbocycles. The van der Waals surface area contributed by atoms with E-state index in [1.54, 1.807) is 0 Å². The fourth-order valence-electron chi connectivity index (χ4n) is 3.44. The molecule has 1 rings (SSSR count). The monoisotopic (exact) mass is 298 g/mol. The highest BCUT2D eigenvalue weighted by molar-refractivity contribution is 4.86. The summed E-state index contributed by atoms with van der Waals surface area (Å²) < 4.78 is 0. The second kappa shape index (κ2) is 7.94. The lowest BCUT2D eigenvalue weighted by atomic mass is 9.82. The highest BCUT2D eigenvalue weighted by Crippen LogP contribution is 2.28. The fourth-order valence-corrected chi connectivity index (χ4v) is 3.44. The van der Waals surface area contributed by atoms with Crippen LogP contribution in [0.3, 0.4) is 0 Å². The summed E-state index contributed by atoms with van der Waals surface area (Å²) in [5.41, 5.74) is 0.536. The highest BCUT2D eigenvalue weighted by atomic mass is 16.3. The summed E-state index contributed by atoms with van der Waals surface area (Å²) in [5, 5.41) is 13.4. The van der Waals surface area contributed by atoms with Crippen LogP contribution in [-0.4, -0.2) is 47.8 Å². The number of likely N-dealkylation sites (tertiary alicyclic amines) is 1. The third kappa shape index (κ3) is 7.12. The molecule has 2 atom stereocenters. The summed E-state index contributed by atoms with van der Waals surface area (Å²) >= 11 is 0. The van der Waals surface area contributed by atoms with Crippen LogP contribution >= 0.6 is 0 Å². The predicted molar refractivity (Wildman–Crippen MR) is 91.6 cm³/mol. The number of nitrogens with zero attached hydrogens (tertiary/aromatic N) is 1. The first-order chi connectivity index (χ1) is 9.65. The molecule has 0 radical (unpaired) electrons. The summed E-state index contributed by atoms with van der Waals surface area (Å²) in [4.78, 5) is 2.61. The van der Waals surface area contributed by atoms with E-state index in [4.69, 9.17) is 0 Å². The van der Waals surface area contributed by atoms with Gasteiger partial charge in [0.25, 0.3) is 0 Å². The van der Waals surface area contributed by atoms with Gasteiger partial charge < -0.3 is 15.3 Å². The molecule has 2 unspecified atom stereocenters. The van der Waals surface area contributed by atoms with Gasteiger partial charge in [0.2, 0.25) is 0 Å². The van der Waals surface area contributed by atoms with Crippen LogP contribution in [0.2, 0.25) is 0 Å². The Morgan fingerprint density at radius 2 is 1.76 bits per heavy atom. The molecule has 1 saturated heterocycles. The van der Waals surface area contributed by atoms with E-state index in [-0.39, 0.29) is 11.6 Å². The fraction of sp³-hybridized carbons (Fsp3) is 1.00. The zero-order valence-corrected chi connectivity index (χ0v) is 15.2. The first-order valence-corrected chi connectivity index (χ1v) is 8.81. The molecule has 126 valence electrons. The molecule has 0 saturated carbocycles. The van der Waals surface area contributed by atoms with Gasteiger partial charge in [-0.2, -0.15) is 0 Å². The number of hydrogen-bond acceptors (Lipinski definition) is 3. The van der Waals surface area contributed by atoms with Gasteiger partial charge in [-0.3, -0.25) is 0 Å². The Morgan fingerprint density at radius 1 is 1.19 bits per heavy atom. The van der Waals surface area contributed by atoms with E-state index < -0.39 is 0 Å². The van der Waals surface area contributed by atoms with Crippen molar-refractivity contribution in [1.29, 1.82) is 0 Å². The van der Waals surface area contributed by atoms with Gasteiger partial charge in [-0.25, -0.2) is 0 Å². The summed E-state index contributed by atoms with van der Waals surface area (Å²) in [6, 6.07) is 0. The van der Waals surface area contributed by atoms with E-state index in [0.29, 0.717) is 11.3 Å². The molecule has 1 aliphatic rings. The quantitative estimate of drug-likeness (QED) is 0.757. The number of rotatable bonds is 7. The highest BCUT2D eigenvalue weighted by Gasteiger charge is 2.30. The Hall–Kier alpha value is -0.120. The molecule has 0 spiro atoms. The number of piperidine rings is 1.